The zero-order valence-corrected chi connectivity index (χ0v) is 8.16. The smallest absolute Gasteiger partial charge is 0.0383 e. The van der Waals surface area contributed by atoms with E-state index < -0.39 is 0 Å². The van der Waals surface area contributed by atoms with Gasteiger partial charge in [0.15, 0.2) is 0 Å². The van der Waals surface area contributed by atoms with Gasteiger partial charge in [0.1, 0.15) is 0 Å². The number of para-hydroxylation sites is 1. The van der Waals surface area contributed by atoms with Gasteiger partial charge in [0.25, 0.3) is 0 Å². The van der Waals surface area contributed by atoms with Crippen LogP contribution in [-0.4, -0.2) is 12.6 Å². The maximum atomic E-state index is 5.64. The van der Waals surface area contributed by atoms with Gasteiger partial charge in [0, 0.05) is 18.3 Å². The van der Waals surface area contributed by atoms with Crippen LogP contribution in [0.3, 0.4) is 0 Å². The Bertz CT molecular complexity index is 221. The van der Waals surface area contributed by atoms with Crippen LogP contribution in [0, 0.1) is 0 Å². The fourth-order valence-corrected chi connectivity index (χ4v) is 1.37. The van der Waals surface area contributed by atoms with Gasteiger partial charge in [0.2, 0.25) is 0 Å². The van der Waals surface area contributed by atoms with E-state index in [-0.39, 0.29) is 0 Å². The summed E-state index contributed by atoms with van der Waals surface area (Å²) in [5, 5.41) is 3.40. The first-order valence-electron chi connectivity index (χ1n) is 4.88. The Morgan fingerprint density at radius 1 is 1.31 bits per heavy atom. The minimum absolute atomic E-state index is 0.410. The Balaban J connectivity index is 2.46. The molecule has 0 aliphatic heterocycles. The lowest BCUT2D eigenvalue weighted by Gasteiger charge is -2.16. The number of anilines is 1. The van der Waals surface area contributed by atoms with E-state index in [2.05, 4.69) is 24.4 Å². The summed E-state index contributed by atoms with van der Waals surface area (Å²) in [6, 6.07) is 10.6. The molecule has 0 heterocycles. The van der Waals surface area contributed by atoms with Crippen molar-refractivity contribution >= 4 is 5.69 Å². The fourth-order valence-electron chi connectivity index (χ4n) is 1.37. The molecule has 1 unspecified atom stereocenters. The molecule has 2 nitrogen and oxygen atoms in total. The van der Waals surface area contributed by atoms with Crippen molar-refractivity contribution in [3.05, 3.63) is 30.3 Å². The molecule has 0 spiro atoms. The summed E-state index contributed by atoms with van der Waals surface area (Å²) in [5.41, 5.74) is 6.80. The average Bonchev–Trinajstić information content (AvgIpc) is 2.19. The highest BCUT2D eigenvalue weighted by Gasteiger charge is 2.03. The molecule has 0 bridgehead atoms. The summed E-state index contributed by atoms with van der Waals surface area (Å²) in [4.78, 5) is 0. The molecule has 0 radical (unpaired) electrons. The molecule has 13 heavy (non-hydrogen) atoms. The van der Waals surface area contributed by atoms with Crippen molar-refractivity contribution in [2.45, 2.75) is 25.8 Å². The Morgan fingerprint density at radius 2 is 2.00 bits per heavy atom. The monoisotopic (exact) mass is 178 g/mol. The molecule has 72 valence electrons. The predicted molar refractivity (Wildman–Crippen MR) is 57.8 cm³/mol. The van der Waals surface area contributed by atoms with Crippen LogP contribution in [0.2, 0.25) is 0 Å². The number of hydrogen-bond acceptors (Lipinski definition) is 2. The molecule has 0 saturated carbocycles. The van der Waals surface area contributed by atoms with Crippen LogP contribution >= 0.6 is 0 Å². The van der Waals surface area contributed by atoms with Gasteiger partial charge in [0.05, 0.1) is 0 Å². The minimum Gasteiger partial charge on any atom is -0.381 e. The third kappa shape index (κ3) is 3.47. The lowest BCUT2D eigenvalue weighted by Crippen LogP contribution is -2.28. The Hall–Kier alpha value is -1.02. The second-order valence-electron chi connectivity index (χ2n) is 3.23. The molecule has 0 aromatic heterocycles. The second kappa shape index (κ2) is 5.60. The van der Waals surface area contributed by atoms with Gasteiger partial charge < -0.3 is 11.1 Å². The Labute approximate surface area is 80.1 Å². The summed E-state index contributed by atoms with van der Waals surface area (Å²) in [5.74, 6) is 0. The maximum Gasteiger partial charge on any atom is 0.0383 e. The van der Waals surface area contributed by atoms with E-state index in [1.807, 2.05) is 18.2 Å². The lowest BCUT2D eigenvalue weighted by atomic mass is 10.1. The van der Waals surface area contributed by atoms with Crippen molar-refractivity contribution in [2.75, 3.05) is 11.9 Å². The third-order valence-electron chi connectivity index (χ3n) is 2.07. The first kappa shape index (κ1) is 10.1. The summed E-state index contributed by atoms with van der Waals surface area (Å²) in [6.45, 7) is 2.87. The van der Waals surface area contributed by atoms with Gasteiger partial charge in [-0.05, 0) is 18.6 Å². The largest absolute Gasteiger partial charge is 0.381 e. The first-order valence-corrected chi connectivity index (χ1v) is 4.88. The van der Waals surface area contributed by atoms with Crippen LogP contribution in [0.5, 0.6) is 0 Å². The maximum absolute atomic E-state index is 5.64. The van der Waals surface area contributed by atoms with E-state index in [1.165, 1.54) is 6.42 Å². The number of nitrogens with one attached hydrogen (secondary N) is 1. The van der Waals surface area contributed by atoms with Crippen LogP contribution in [0.25, 0.3) is 0 Å². The van der Waals surface area contributed by atoms with E-state index in [0.29, 0.717) is 12.6 Å². The van der Waals surface area contributed by atoms with E-state index >= 15 is 0 Å². The molecule has 0 amide bonds. The summed E-state index contributed by atoms with van der Waals surface area (Å²) in [6.07, 6.45) is 2.30. The number of hydrogen-bond donors (Lipinski definition) is 2. The molecule has 0 aliphatic carbocycles. The van der Waals surface area contributed by atoms with Gasteiger partial charge in [-0.1, -0.05) is 31.5 Å². The van der Waals surface area contributed by atoms with E-state index in [4.69, 9.17) is 5.73 Å². The quantitative estimate of drug-likeness (QED) is 0.725. The van der Waals surface area contributed by atoms with Gasteiger partial charge in [-0.25, -0.2) is 0 Å². The Kier molecular flexibility index (Phi) is 4.33. The summed E-state index contributed by atoms with van der Waals surface area (Å²) < 4.78 is 0. The molecule has 0 fully saturated rings. The normalized spacial score (nSPS) is 12.5. The molecule has 1 atom stereocenters. The number of benzene rings is 1. The van der Waals surface area contributed by atoms with E-state index in [9.17, 15) is 0 Å². The molecule has 0 saturated heterocycles. The molecule has 3 N–H and O–H groups in total. The highest BCUT2D eigenvalue weighted by atomic mass is 14.9. The predicted octanol–water partition coefficient (Wildman–Crippen LogP) is 2.23. The lowest BCUT2D eigenvalue weighted by molar-refractivity contribution is 0.648. The summed E-state index contributed by atoms with van der Waals surface area (Å²) in [7, 11) is 0. The summed E-state index contributed by atoms with van der Waals surface area (Å²) >= 11 is 0. The van der Waals surface area contributed by atoms with Crippen LogP contribution in [-0.2, 0) is 0 Å². The van der Waals surface area contributed by atoms with Crippen molar-refractivity contribution in [1.82, 2.24) is 0 Å². The van der Waals surface area contributed by atoms with Crippen molar-refractivity contribution < 1.29 is 0 Å². The van der Waals surface area contributed by atoms with Crippen LogP contribution in [0.1, 0.15) is 19.8 Å². The zero-order chi connectivity index (χ0) is 9.52. The minimum atomic E-state index is 0.410. The van der Waals surface area contributed by atoms with E-state index in [0.717, 1.165) is 12.1 Å². The number of nitrogens with two attached hydrogens (primary N) is 1. The highest BCUT2D eigenvalue weighted by Crippen LogP contribution is 2.08. The molecule has 0 aliphatic rings. The van der Waals surface area contributed by atoms with Gasteiger partial charge in [-0.3, -0.25) is 0 Å². The zero-order valence-electron chi connectivity index (χ0n) is 8.16. The molecular formula is C11H18N2. The van der Waals surface area contributed by atoms with Crippen molar-refractivity contribution in [1.29, 1.82) is 0 Å². The van der Waals surface area contributed by atoms with Crippen molar-refractivity contribution in [2.24, 2.45) is 5.73 Å². The number of rotatable bonds is 5. The SMILES string of the molecule is CCCC(CN)Nc1ccccc1. The van der Waals surface area contributed by atoms with Crippen LogP contribution in [0.15, 0.2) is 30.3 Å². The fraction of sp³-hybridized carbons (Fsp3) is 0.455. The highest BCUT2D eigenvalue weighted by molar-refractivity contribution is 5.43. The second-order valence-corrected chi connectivity index (χ2v) is 3.23. The van der Waals surface area contributed by atoms with Gasteiger partial charge >= 0.3 is 0 Å². The topological polar surface area (TPSA) is 38.0 Å². The van der Waals surface area contributed by atoms with Gasteiger partial charge in [-0.15, -0.1) is 0 Å². The van der Waals surface area contributed by atoms with E-state index in [1.54, 1.807) is 0 Å². The van der Waals surface area contributed by atoms with Crippen LogP contribution in [0.4, 0.5) is 5.69 Å². The molecule has 1 aromatic rings. The molecule has 1 aromatic carbocycles. The van der Waals surface area contributed by atoms with Crippen LogP contribution < -0.4 is 11.1 Å². The van der Waals surface area contributed by atoms with Crippen molar-refractivity contribution in [3.63, 3.8) is 0 Å². The van der Waals surface area contributed by atoms with Gasteiger partial charge in [-0.2, -0.15) is 0 Å². The average molecular weight is 178 g/mol. The molecule has 1 rings (SSSR count). The third-order valence-corrected chi connectivity index (χ3v) is 2.07. The van der Waals surface area contributed by atoms with Crippen molar-refractivity contribution in [3.8, 4) is 0 Å². The molecular weight excluding hydrogens is 160 g/mol. The molecule has 2 heteroatoms. The Morgan fingerprint density at radius 3 is 2.54 bits per heavy atom. The first-order chi connectivity index (χ1) is 6.36. The standard InChI is InChI=1S/C11H18N2/c1-2-6-11(9-12)13-10-7-4-3-5-8-10/h3-5,7-8,11,13H,2,6,9,12H2,1H3.